The normalized spacial score (nSPS) is 8.22. The zero-order chi connectivity index (χ0) is 13.1. The largest absolute Gasteiger partial charge is 0.296 e. The Morgan fingerprint density at radius 1 is 1.06 bits per heavy atom. The maximum absolute atomic E-state index is 3.92. The molecule has 0 fully saturated rings. The highest BCUT2D eigenvalue weighted by Gasteiger charge is 1.88. The van der Waals surface area contributed by atoms with Crippen molar-refractivity contribution in [1.29, 1.82) is 0 Å². The second-order valence-corrected chi connectivity index (χ2v) is 2.91. The minimum Gasteiger partial charge on any atom is -0.262 e. The molecule has 0 saturated heterocycles. The van der Waals surface area contributed by atoms with Gasteiger partial charge in [-0.05, 0) is 24.3 Å². The van der Waals surface area contributed by atoms with Crippen LogP contribution in [0.4, 0.5) is 11.6 Å². The molecular formula is C12H13N6+. The summed E-state index contributed by atoms with van der Waals surface area (Å²) in [5.74, 6) is 1.31. The minimum absolute atomic E-state index is 0.590. The van der Waals surface area contributed by atoms with Crippen LogP contribution in [-0.2, 0) is 0 Å². The Balaban J connectivity index is 0.000000180. The number of hydrogen-bond donors (Lipinski definition) is 1. The second kappa shape index (κ2) is 8.32. The van der Waals surface area contributed by atoms with Gasteiger partial charge in [0.1, 0.15) is 10.9 Å². The average molecular weight is 241 g/mol. The SMILES string of the molecule is C=NNc1ccccn1.C=[N+]=Nc1ccccn1. The van der Waals surface area contributed by atoms with Gasteiger partial charge in [-0.1, -0.05) is 12.1 Å². The molecule has 0 spiro atoms. The van der Waals surface area contributed by atoms with Crippen molar-refractivity contribution in [2.24, 2.45) is 10.2 Å². The fraction of sp³-hybridized carbons (Fsp3) is 0. The predicted molar refractivity (Wildman–Crippen MR) is 71.1 cm³/mol. The molecule has 0 unspecified atom stereocenters. The van der Waals surface area contributed by atoms with E-state index in [9.17, 15) is 0 Å². The standard InChI is InChI=1S/C6H7N3.C6H6N3/c2*1-7-9-6-4-2-3-5-8-6/h2-5H,1H2,(H,8,9);2-5H,1H2/q;+1. The molecule has 2 aromatic rings. The minimum atomic E-state index is 0.590. The maximum Gasteiger partial charge on any atom is 0.296 e. The Bertz CT molecular complexity index is 505. The molecule has 0 amide bonds. The third-order valence-corrected chi connectivity index (χ3v) is 1.68. The zero-order valence-electron chi connectivity index (χ0n) is 9.77. The fourth-order valence-electron chi connectivity index (χ4n) is 0.995. The quantitative estimate of drug-likeness (QED) is 0.387. The first kappa shape index (κ1) is 13.2. The smallest absolute Gasteiger partial charge is 0.262 e. The summed E-state index contributed by atoms with van der Waals surface area (Å²) in [5, 5.41) is 7.05. The van der Waals surface area contributed by atoms with Crippen LogP contribution in [-0.4, -0.2) is 28.2 Å². The molecule has 0 aliphatic carbocycles. The Morgan fingerprint density at radius 2 is 1.78 bits per heavy atom. The summed E-state index contributed by atoms with van der Waals surface area (Å²) in [6.45, 7) is 6.45. The molecule has 0 aliphatic heterocycles. The number of nitrogens with one attached hydrogen (secondary N) is 1. The highest BCUT2D eigenvalue weighted by Crippen LogP contribution is 2.01. The Kier molecular flexibility index (Phi) is 6.11. The summed E-state index contributed by atoms with van der Waals surface area (Å²) < 4.78 is 0. The second-order valence-electron chi connectivity index (χ2n) is 2.91. The van der Waals surface area contributed by atoms with E-state index in [-0.39, 0.29) is 0 Å². The van der Waals surface area contributed by atoms with Gasteiger partial charge in [-0.15, -0.1) is 0 Å². The van der Waals surface area contributed by atoms with Crippen LogP contribution >= 0.6 is 0 Å². The summed E-state index contributed by atoms with van der Waals surface area (Å²) in [5.41, 5.74) is 2.61. The average Bonchev–Trinajstić information content (AvgIpc) is 2.43. The Labute approximate surface area is 105 Å². The first-order valence-corrected chi connectivity index (χ1v) is 5.07. The Hall–Kier alpha value is -2.85. The topological polar surface area (TPSA) is 76.6 Å². The summed E-state index contributed by atoms with van der Waals surface area (Å²) in [6.07, 6.45) is 3.34. The van der Waals surface area contributed by atoms with Crippen molar-refractivity contribution in [1.82, 2.24) is 9.97 Å². The molecule has 0 aliphatic rings. The molecule has 2 heterocycles. The van der Waals surface area contributed by atoms with Gasteiger partial charge in [0.25, 0.3) is 6.72 Å². The van der Waals surface area contributed by atoms with Gasteiger partial charge in [-0.2, -0.15) is 5.10 Å². The number of rotatable bonds is 3. The number of anilines is 1. The molecule has 0 atom stereocenters. The van der Waals surface area contributed by atoms with E-state index in [1.54, 1.807) is 18.5 Å². The van der Waals surface area contributed by atoms with Crippen molar-refractivity contribution < 1.29 is 4.79 Å². The van der Waals surface area contributed by atoms with E-state index in [0.29, 0.717) is 11.6 Å². The molecule has 6 heteroatoms. The van der Waals surface area contributed by atoms with Crippen molar-refractivity contribution in [3.63, 3.8) is 0 Å². The summed E-state index contributed by atoms with van der Waals surface area (Å²) in [7, 11) is 0. The van der Waals surface area contributed by atoms with Crippen LogP contribution < -0.4 is 5.43 Å². The Morgan fingerprint density at radius 3 is 2.28 bits per heavy atom. The van der Waals surface area contributed by atoms with E-state index in [2.05, 4.69) is 43.8 Å². The van der Waals surface area contributed by atoms with Crippen LogP contribution in [0.1, 0.15) is 0 Å². The molecule has 18 heavy (non-hydrogen) atoms. The highest BCUT2D eigenvalue weighted by atomic mass is 15.3. The van der Waals surface area contributed by atoms with Crippen LogP contribution in [0.25, 0.3) is 0 Å². The van der Waals surface area contributed by atoms with Gasteiger partial charge in [0.2, 0.25) is 5.82 Å². The molecular weight excluding hydrogens is 228 g/mol. The van der Waals surface area contributed by atoms with Crippen molar-refractivity contribution in [3.05, 3.63) is 48.8 Å². The molecule has 0 aromatic carbocycles. The highest BCUT2D eigenvalue weighted by molar-refractivity contribution is 5.36. The van der Waals surface area contributed by atoms with E-state index < -0.39 is 0 Å². The van der Waals surface area contributed by atoms with Gasteiger partial charge in [0.15, 0.2) is 0 Å². The number of hydrazone groups is 1. The van der Waals surface area contributed by atoms with Crippen LogP contribution in [0.2, 0.25) is 0 Å². The first-order valence-electron chi connectivity index (χ1n) is 5.07. The summed E-state index contributed by atoms with van der Waals surface area (Å²) in [6, 6.07) is 11.0. The molecule has 90 valence electrons. The number of pyridine rings is 2. The van der Waals surface area contributed by atoms with E-state index in [1.807, 2.05) is 30.3 Å². The lowest BCUT2D eigenvalue weighted by molar-refractivity contribution is -0.0639. The monoisotopic (exact) mass is 241 g/mol. The van der Waals surface area contributed by atoms with Gasteiger partial charge >= 0.3 is 0 Å². The van der Waals surface area contributed by atoms with Gasteiger partial charge in [0.05, 0.1) is 0 Å². The van der Waals surface area contributed by atoms with Crippen molar-refractivity contribution in [3.8, 4) is 0 Å². The van der Waals surface area contributed by atoms with E-state index in [1.165, 1.54) is 0 Å². The lowest BCUT2D eigenvalue weighted by atomic mass is 10.5. The van der Waals surface area contributed by atoms with Gasteiger partial charge in [0, 0.05) is 23.9 Å². The third kappa shape index (κ3) is 5.29. The van der Waals surface area contributed by atoms with Crippen LogP contribution in [0.3, 0.4) is 0 Å². The van der Waals surface area contributed by atoms with Crippen LogP contribution in [0, 0.1) is 0 Å². The molecule has 0 bridgehead atoms. The van der Waals surface area contributed by atoms with Crippen molar-refractivity contribution in [2.45, 2.75) is 0 Å². The van der Waals surface area contributed by atoms with Gasteiger partial charge in [-0.25, -0.2) is 9.97 Å². The van der Waals surface area contributed by atoms with Crippen molar-refractivity contribution in [2.75, 3.05) is 5.43 Å². The molecule has 1 N–H and O–H groups in total. The van der Waals surface area contributed by atoms with E-state index >= 15 is 0 Å². The first-order chi connectivity index (χ1) is 8.86. The summed E-state index contributed by atoms with van der Waals surface area (Å²) in [4.78, 5) is 11.1. The molecule has 0 saturated carbocycles. The summed E-state index contributed by atoms with van der Waals surface area (Å²) >= 11 is 0. The van der Waals surface area contributed by atoms with Gasteiger partial charge < -0.3 is 0 Å². The van der Waals surface area contributed by atoms with Crippen LogP contribution in [0.15, 0.2) is 59.0 Å². The predicted octanol–water partition coefficient (Wildman–Crippen LogP) is 2.18. The third-order valence-electron chi connectivity index (χ3n) is 1.68. The van der Waals surface area contributed by atoms with Crippen LogP contribution in [0.5, 0.6) is 0 Å². The van der Waals surface area contributed by atoms with E-state index in [0.717, 1.165) is 0 Å². The maximum atomic E-state index is 3.92. The van der Waals surface area contributed by atoms with E-state index in [4.69, 9.17) is 0 Å². The molecule has 6 nitrogen and oxygen atoms in total. The zero-order valence-corrected chi connectivity index (χ0v) is 9.77. The number of aromatic nitrogens is 2. The fourth-order valence-corrected chi connectivity index (χ4v) is 0.995. The van der Waals surface area contributed by atoms with Gasteiger partial charge in [-0.3, -0.25) is 5.43 Å². The van der Waals surface area contributed by atoms with Crippen molar-refractivity contribution >= 4 is 25.1 Å². The lowest BCUT2D eigenvalue weighted by Gasteiger charge is -1.93. The molecule has 2 rings (SSSR count). The number of hydrogen-bond acceptors (Lipinski definition) is 5. The molecule has 2 aromatic heterocycles. The lowest BCUT2D eigenvalue weighted by Crippen LogP contribution is -1.87. The number of nitrogens with zero attached hydrogens (tertiary/aromatic N) is 5. The molecule has 0 radical (unpaired) electrons.